The Balaban J connectivity index is 2.27. The second-order valence-corrected chi connectivity index (χ2v) is 3.59. The molecule has 5 heteroatoms. The highest BCUT2D eigenvalue weighted by Gasteiger charge is 2.05. The van der Waals surface area contributed by atoms with E-state index in [4.69, 9.17) is 15.2 Å². The van der Waals surface area contributed by atoms with E-state index >= 15 is 0 Å². The fourth-order valence-electron chi connectivity index (χ4n) is 1.55. The molecule has 0 radical (unpaired) electrons. The highest BCUT2D eigenvalue weighted by atomic mass is 16.5. The third-order valence-electron chi connectivity index (χ3n) is 2.30. The van der Waals surface area contributed by atoms with Gasteiger partial charge in [-0.3, -0.25) is 4.68 Å². The van der Waals surface area contributed by atoms with Crippen LogP contribution in [0.2, 0.25) is 0 Å². The molecule has 0 spiro atoms. The maximum atomic E-state index is 5.88. The van der Waals surface area contributed by atoms with Gasteiger partial charge >= 0.3 is 0 Å². The number of benzene rings is 1. The van der Waals surface area contributed by atoms with Crippen molar-refractivity contribution in [3.63, 3.8) is 0 Å². The van der Waals surface area contributed by atoms with Gasteiger partial charge < -0.3 is 15.2 Å². The third kappa shape index (κ3) is 2.09. The molecule has 2 aromatic rings. The Morgan fingerprint density at radius 1 is 1.38 bits per heavy atom. The van der Waals surface area contributed by atoms with Gasteiger partial charge in [0.25, 0.3) is 0 Å². The Morgan fingerprint density at radius 3 is 2.94 bits per heavy atom. The zero-order valence-electron chi connectivity index (χ0n) is 9.43. The highest BCUT2D eigenvalue weighted by Crippen LogP contribution is 2.27. The van der Waals surface area contributed by atoms with E-state index < -0.39 is 0 Å². The van der Waals surface area contributed by atoms with Crippen LogP contribution < -0.4 is 10.5 Å². The third-order valence-corrected chi connectivity index (χ3v) is 2.30. The number of aromatic nitrogens is 2. The molecule has 0 aliphatic heterocycles. The molecule has 0 saturated carbocycles. The number of anilines is 1. The van der Waals surface area contributed by atoms with Crippen LogP contribution in [-0.4, -0.2) is 30.1 Å². The summed E-state index contributed by atoms with van der Waals surface area (Å²) in [7, 11) is 3.51. The normalized spacial score (nSPS) is 10.9. The second-order valence-electron chi connectivity index (χ2n) is 3.59. The molecule has 0 atom stereocenters. The molecular weight excluding hydrogens is 206 g/mol. The molecule has 2 rings (SSSR count). The smallest absolute Gasteiger partial charge is 0.144 e. The number of hydrogen-bond donors (Lipinski definition) is 1. The summed E-state index contributed by atoms with van der Waals surface area (Å²) in [5, 5.41) is 5.31. The Kier molecular flexibility index (Phi) is 2.96. The van der Waals surface area contributed by atoms with Gasteiger partial charge in [0, 0.05) is 31.8 Å². The van der Waals surface area contributed by atoms with E-state index in [1.54, 1.807) is 11.8 Å². The van der Waals surface area contributed by atoms with Crippen molar-refractivity contribution in [3.8, 4) is 5.75 Å². The lowest BCUT2D eigenvalue weighted by atomic mass is 10.2. The molecule has 0 aliphatic rings. The van der Waals surface area contributed by atoms with Crippen LogP contribution in [0.1, 0.15) is 0 Å². The number of nitrogen functional groups attached to an aromatic ring is 1. The molecule has 86 valence electrons. The quantitative estimate of drug-likeness (QED) is 0.622. The van der Waals surface area contributed by atoms with Gasteiger partial charge in [-0.1, -0.05) is 0 Å². The molecule has 0 amide bonds. The summed E-state index contributed by atoms with van der Waals surface area (Å²) in [5.41, 5.74) is 7.38. The van der Waals surface area contributed by atoms with Crippen molar-refractivity contribution < 1.29 is 9.47 Å². The van der Waals surface area contributed by atoms with E-state index in [0.717, 1.165) is 10.9 Å². The topological polar surface area (TPSA) is 62.3 Å². The summed E-state index contributed by atoms with van der Waals surface area (Å²) in [6, 6.07) is 3.71. The number of fused-ring (bicyclic) bond motifs is 1. The minimum Gasteiger partial charge on any atom is -0.489 e. The lowest BCUT2D eigenvalue weighted by molar-refractivity contribution is 0.147. The molecule has 1 heterocycles. The summed E-state index contributed by atoms with van der Waals surface area (Å²) < 4.78 is 12.2. The van der Waals surface area contributed by atoms with Gasteiger partial charge in [-0.25, -0.2) is 0 Å². The SMILES string of the molecule is COCCOc1cc2nn(C)cc2cc1N. The van der Waals surface area contributed by atoms with Gasteiger partial charge in [0.05, 0.1) is 17.8 Å². The summed E-state index contributed by atoms with van der Waals surface area (Å²) in [5.74, 6) is 0.656. The minimum absolute atomic E-state index is 0.485. The van der Waals surface area contributed by atoms with Crippen molar-refractivity contribution in [3.05, 3.63) is 18.3 Å². The predicted octanol–water partition coefficient (Wildman–Crippen LogP) is 1.18. The number of methoxy groups -OCH3 is 1. The number of nitrogens with zero attached hydrogens (tertiary/aromatic N) is 2. The molecule has 16 heavy (non-hydrogen) atoms. The zero-order chi connectivity index (χ0) is 11.5. The summed E-state index contributed by atoms with van der Waals surface area (Å²) in [6.45, 7) is 1.03. The van der Waals surface area contributed by atoms with Crippen molar-refractivity contribution in [2.75, 3.05) is 26.1 Å². The molecule has 0 unspecified atom stereocenters. The fraction of sp³-hybridized carbons (Fsp3) is 0.364. The van der Waals surface area contributed by atoms with Crippen LogP contribution in [0, 0.1) is 0 Å². The van der Waals surface area contributed by atoms with E-state index in [-0.39, 0.29) is 0 Å². The van der Waals surface area contributed by atoms with E-state index in [1.165, 1.54) is 0 Å². The van der Waals surface area contributed by atoms with E-state index in [2.05, 4.69) is 5.10 Å². The number of rotatable bonds is 4. The fourth-order valence-corrected chi connectivity index (χ4v) is 1.55. The summed E-state index contributed by atoms with van der Waals surface area (Å²) in [6.07, 6.45) is 1.92. The number of ether oxygens (including phenoxy) is 2. The summed E-state index contributed by atoms with van der Waals surface area (Å²) >= 11 is 0. The van der Waals surface area contributed by atoms with E-state index in [1.807, 2.05) is 25.4 Å². The van der Waals surface area contributed by atoms with Crippen molar-refractivity contribution >= 4 is 16.6 Å². The maximum absolute atomic E-state index is 5.88. The van der Waals surface area contributed by atoms with E-state index in [9.17, 15) is 0 Å². The first-order valence-electron chi connectivity index (χ1n) is 5.05. The van der Waals surface area contributed by atoms with Crippen LogP contribution in [0.5, 0.6) is 5.75 Å². The Labute approximate surface area is 93.7 Å². The zero-order valence-corrected chi connectivity index (χ0v) is 9.43. The minimum atomic E-state index is 0.485. The molecule has 5 nitrogen and oxygen atoms in total. The number of hydrogen-bond acceptors (Lipinski definition) is 4. The van der Waals surface area contributed by atoms with Gasteiger partial charge in [-0.15, -0.1) is 0 Å². The van der Waals surface area contributed by atoms with Crippen molar-refractivity contribution in [1.29, 1.82) is 0 Å². The van der Waals surface area contributed by atoms with Crippen LogP contribution in [-0.2, 0) is 11.8 Å². The standard InChI is InChI=1S/C11H15N3O2/c1-14-7-8-5-9(12)11(6-10(8)13-14)16-4-3-15-2/h5-7H,3-4,12H2,1-2H3. The molecule has 0 fully saturated rings. The Bertz CT molecular complexity index is 493. The molecule has 1 aromatic heterocycles. The van der Waals surface area contributed by atoms with Gasteiger partial charge in [0.1, 0.15) is 12.4 Å². The Hall–Kier alpha value is -1.75. The van der Waals surface area contributed by atoms with Crippen LogP contribution >= 0.6 is 0 Å². The Morgan fingerprint density at radius 2 is 2.19 bits per heavy atom. The first-order valence-corrected chi connectivity index (χ1v) is 5.05. The molecule has 0 aliphatic carbocycles. The van der Waals surface area contributed by atoms with Gasteiger partial charge in [-0.2, -0.15) is 5.10 Å². The molecular formula is C11H15N3O2. The van der Waals surface area contributed by atoms with Crippen LogP contribution in [0.3, 0.4) is 0 Å². The number of nitrogens with two attached hydrogens (primary N) is 1. The average molecular weight is 221 g/mol. The number of aryl methyl sites for hydroxylation is 1. The molecule has 0 saturated heterocycles. The average Bonchev–Trinajstić information content (AvgIpc) is 2.58. The second kappa shape index (κ2) is 4.40. The van der Waals surface area contributed by atoms with Crippen LogP contribution in [0.25, 0.3) is 10.9 Å². The van der Waals surface area contributed by atoms with Crippen LogP contribution in [0.15, 0.2) is 18.3 Å². The largest absolute Gasteiger partial charge is 0.489 e. The lowest BCUT2D eigenvalue weighted by Gasteiger charge is -2.07. The molecule has 1 aromatic carbocycles. The summed E-state index contributed by atoms with van der Waals surface area (Å²) in [4.78, 5) is 0. The van der Waals surface area contributed by atoms with Gasteiger partial charge in [0.2, 0.25) is 0 Å². The molecule has 2 N–H and O–H groups in total. The monoisotopic (exact) mass is 221 g/mol. The van der Waals surface area contributed by atoms with Crippen molar-refractivity contribution in [2.24, 2.45) is 7.05 Å². The predicted molar refractivity (Wildman–Crippen MR) is 62.5 cm³/mol. The first kappa shape index (κ1) is 10.8. The lowest BCUT2D eigenvalue weighted by Crippen LogP contribution is -2.05. The van der Waals surface area contributed by atoms with E-state index in [0.29, 0.717) is 24.7 Å². The van der Waals surface area contributed by atoms with Crippen LogP contribution in [0.4, 0.5) is 5.69 Å². The highest BCUT2D eigenvalue weighted by molar-refractivity contribution is 5.84. The first-order chi connectivity index (χ1) is 7.70. The molecule has 0 bridgehead atoms. The van der Waals surface area contributed by atoms with Gasteiger partial charge in [-0.05, 0) is 6.07 Å². The van der Waals surface area contributed by atoms with Crippen molar-refractivity contribution in [1.82, 2.24) is 9.78 Å². The van der Waals surface area contributed by atoms with Gasteiger partial charge in [0.15, 0.2) is 0 Å². The van der Waals surface area contributed by atoms with Crippen molar-refractivity contribution in [2.45, 2.75) is 0 Å². The maximum Gasteiger partial charge on any atom is 0.144 e.